The van der Waals surface area contributed by atoms with Crippen LogP contribution in [-0.4, -0.2) is 28.7 Å². The van der Waals surface area contributed by atoms with Crippen LogP contribution in [0.25, 0.3) is 0 Å². The minimum atomic E-state index is -0.234. The molecule has 1 N–H and O–H groups in total. The molecule has 1 fully saturated rings. The van der Waals surface area contributed by atoms with Crippen molar-refractivity contribution < 1.29 is 9.50 Å². The van der Waals surface area contributed by atoms with Crippen LogP contribution in [0.3, 0.4) is 0 Å². The monoisotopic (exact) mass is 255 g/mol. The number of halogens is 1. The summed E-state index contributed by atoms with van der Waals surface area (Å²) in [7, 11) is 0. The summed E-state index contributed by atoms with van der Waals surface area (Å²) in [6.07, 6.45) is 0. The van der Waals surface area contributed by atoms with Gasteiger partial charge in [-0.2, -0.15) is 11.8 Å². The van der Waals surface area contributed by atoms with Crippen molar-refractivity contribution >= 4 is 17.4 Å². The average Bonchev–Trinajstić information content (AvgIpc) is 2.33. The summed E-state index contributed by atoms with van der Waals surface area (Å²) in [5.74, 6) is 0.801. The van der Waals surface area contributed by atoms with Gasteiger partial charge < -0.3 is 10.0 Å². The maximum atomic E-state index is 14.0. The number of hydrogen-bond donors (Lipinski definition) is 1. The van der Waals surface area contributed by atoms with Gasteiger partial charge in [-0.05, 0) is 24.6 Å². The molecule has 1 saturated heterocycles. The van der Waals surface area contributed by atoms with E-state index in [2.05, 4.69) is 18.7 Å². The molecule has 2 nitrogen and oxygen atoms in total. The molecule has 0 aliphatic carbocycles. The zero-order valence-corrected chi connectivity index (χ0v) is 11.0. The highest BCUT2D eigenvalue weighted by atomic mass is 32.2. The number of nitrogens with zero attached hydrogens (tertiary/aromatic N) is 1. The maximum Gasteiger partial charge on any atom is 0.146 e. The topological polar surface area (TPSA) is 23.5 Å². The predicted molar refractivity (Wildman–Crippen MR) is 71.1 cm³/mol. The Balaban J connectivity index is 2.27. The Morgan fingerprint density at radius 3 is 2.88 bits per heavy atom. The summed E-state index contributed by atoms with van der Waals surface area (Å²) in [4.78, 5) is 2.12. The van der Waals surface area contributed by atoms with Gasteiger partial charge >= 0.3 is 0 Å². The Morgan fingerprint density at radius 2 is 2.24 bits per heavy atom. The van der Waals surface area contributed by atoms with Crippen LogP contribution in [0.4, 0.5) is 10.1 Å². The molecule has 0 bridgehead atoms. The Morgan fingerprint density at radius 1 is 1.47 bits per heavy atom. The van der Waals surface area contributed by atoms with Crippen molar-refractivity contribution in [1.29, 1.82) is 0 Å². The second kappa shape index (κ2) is 5.27. The molecule has 2 rings (SSSR count). The van der Waals surface area contributed by atoms with Crippen molar-refractivity contribution in [2.45, 2.75) is 31.7 Å². The first-order valence-electron chi connectivity index (χ1n) is 5.91. The van der Waals surface area contributed by atoms with Gasteiger partial charge in [-0.25, -0.2) is 4.39 Å². The lowest BCUT2D eigenvalue weighted by Crippen LogP contribution is -2.45. The third kappa shape index (κ3) is 2.58. The number of benzene rings is 1. The first-order chi connectivity index (χ1) is 8.13. The summed E-state index contributed by atoms with van der Waals surface area (Å²) in [6, 6.07) is 5.33. The van der Waals surface area contributed by atoms with Crippen molar-refractivity contribution in [3.05, 3.63) is 29.6 Å². The van der Waals surface area contributed by atoms with E-state index in [0.717, 1.165) is 12.3 Å². The normalized spacial score (nSPS) is 25.1. The fourth-order valence-corrected chi connectivity index (χ4v) is 3.25. The van der Waals surface area contributed by atoms with E-state index in [1.807, 2.05) is 11.8 Å². The maximum absolute atomic E-state index is 14.0. The number of rotatable bonds is 2. The minimum Gasteiger partial charge on any atom is -0.392 e. The molecule has 0 aromatic heterocycles. The number of hydrogen-bond acceptors (Lipinski definition) is 3. The number of aliphatic hydroxyl groups excluding tert-OH is 1. The average molecular weight is 255 g/mol. The molecule has 1 aromatic carbocycles. The van der Waals surface area contributed by atoms with E-state index >= 15 is 0 Å². The second-order valence-electron chi connectivity index (χ2n) is 4.45. The van der Waals surface area contributed by atoms with E-state index < -0.39 is 0 Å². The summed E-state index contributed by atoms with van der Waals surface area (Å²) in [5, 5.41) is 9.49. The smallest absolute Gasteiger partial charge is 0.146 e. The zero-order chi connectivity index (χ0) is 12.4. The third-order valence-corrected chi connectivity index (χ3v) is 4.73. The van der Waals surface area contributed by atoms with Crippen LogP contribution >= 0.6 is 11.8 Å². The summed E-state index contributed by atoms with van der Waals surface area (Å²) < 4.78 is 14.0. The highest BCUT2D eigenvalue weighted by Gasteiger charge is 2.26. The molecule has 4 heteroatoms. The van der Waals surface area contributed by atoms with E-state index in [1.54, 1.807) is 12.1 Å². The van der Waals surface area contributed by atoms with Crippen molar-refractivity contribution in [2.75, 3.05) is 17.2 Å². The van der Waals surface area contributed by atoms with E-state index in [4.69, 9.17) is 5.11 Å². The van der Waals surface area contributed by atoms with Gasteiger partial charge in [0.15, 0.2) is 0 Å². The molecule has 1 heterocycles. The van der Waals surface area contributed by atoms with E-state index in [1.165, 1.54) is 6.07 Å². The van der Waals surface area contributed by atoms with Gasteiger partial charge in [0.05, 0.1) is 12.3 Å². The molecule has 2 unspecified atom stereocenters. The third-order valence-electron chi connectivity index (χ3n) is 3.39. The van der Waals surface area contributed by atoms with E-state index in [-0.39, 0.29) is 12.4 Å². The van der Waals surface area contributed by atoms with Gasteiger partial charge in [0.1, 0.15) is 5.82 Å². The highest BCUT2D eigenvalue weighted by Crippen LogP contribution is 2.30. The van der Waals surface area contributed by atoms with Crippen LogP contribution < -0.4 is 4.90 Å². The predicted octanol–water partition coefficient (Wildman–Crippen LogP) is 2.65. The molecule has 94 valence electrons. The van der Waals surface area contributed by atoms with Crippen LogP contribution in [0, 0.1) is 5.82 Å². The Labute approximate surface area is 106 Å². The molecule has 1 aliphatic heterocycles. The Hall–Kier alpha value is -0.740. The van der Waals surface area contributed by atoms with Gasteiger partial charge in [-0.3, -0.25) is 0 Å². The standard InChI is InChI=1S/C13H18FNOS/c1-9-10(2)17-6-5-15(9)13-4-3-11(8-16)7-12(13)14/h3-4,7,9-10,16H,5-6,8H2,1-2H3. The summed E-state index contributed by atoms with van der Waals surface area (Å²) in [6.45, 7) is 5.09. The first-order valence-corrected chi connectivity index (χ1v) is 6.96. The highest BCUT2D eigenvalue weighted by molar-refractivity contribution is 8.00. The van der Waals surface area contributed by atoms with Crippen LogP contribution in [0.2, 0.25) is 0 Å². The second-order valence-corrected chi connectivity index (χ2v) is 5.94. The SMILES string of the molecule is CC1SCCN(c2ccc(CO)cc2F)C1C. The largest absolute Gasteiger partial charge is 0.392 e. The van der Waals surface area contributed by atoms with Gasteiger partial charge in [-0.1, -0.05) is 13.0 Å². The van der Waals surface area contributed by atoms with Crippen molar-refractivity contribution in [2.24, 2.45) is 0 Å². The lowest BCUT2D eigenvalue weighted by molar-refractivity contribution is 0.281. The van der Waals surface area contributed by atoms with Gasteiger partial charge in [0.2, 0.25) is 0 Å². The van der Waals surface area contributed by atoms with Gasteiger partial charge in [0.25, 0.3) is 0 Å². The summed E-state index contributed by atoms with van der Waals surface area (Å²) in [5.41, 5.74) is 1.28. The molecule has 0 spiro atoms. The molecule has 0 saturated carbocycles. The molecule has 1 aliphatic rings. The molecule has 1 aromatic rings. The lowest BCUT2D eigenvalue weighted by atomic mass is 10.1. The first kappa shape index (κ1) is 12.7. The molecule has 0 amide bonds. The Bertz CT molecular complexity index is 399. The van der Waals surface area contributed by atoms with Crippen molar-refractivity contribution in [3.63, 3.8) is 0 Å². The van der Waals surface area contributed by atoms with E-state index in [0.29, 0.717) is 22.5 Å². The fourth-order valence-electron chi connectivity index (χ4n) is 2.15. The van der Waals surface area contributed by atoms with Crippen LogP contribution in [-0.2, 0) is 6.61 Å². The molecular weight excluding hydrogens is 237 g/mol. The van der Waals surface area contributed by atoms with Crippen LogP contribution in [0.1, 0.15) is 19.4 Å². The number of anilines is 1. The molecule has 17 heavy (non-hydrogen) atoms. The molecule has 0 radical (unpaired) electrons. The van der Waals surface area contributed by atoms with Crippen LogP contribution in [0.5, 0.6) is 0 Å². The van der Waals surface area contributed by atoms with Gasteiger partial charge in [-0.15, -0.1) is 0 Å². The zero-order valence-electron chi connectivity index (χ0n) is 10.2. The number of thioether (sulfide) groups is 1. The van der Waals surface area contributed by atoms with Crippen molar-refractivity contribution in [1.82, 2.24) is 0 Å². The lowest BCUT2D eigenvalue weighted by Gasteiger charge is -2.39. The van der Waals surface area contributed by atoms with Gasteiger partial charge in [0, 0.05) is 23.6 Å². The Kier molecular flexibility index (Phi) is 3.94. The number of aliphatic hydroxyl groups is 1. The summed E-state index contributed by atoms with van der Waals surface area (Å²) >= 11 is 1.93. The molecular formula is C13H18FNOS. The fraction of sp³-hybridized carbons (Fsp3) is 0.538. The molecule has 2 atom stereocenters. The van der Waals surface area contributed by atoms with Crippen molar-refractivity contribution in [3.8, 4) is 0 Å². The minimum absolute atomic E-state index is 0.112. The van der Waals surface area contributed by atoms with Crippen LogP contribution in [0.15, 0.2) is 18.2 Å². The quantitative estimate of drug-likeness (QED) is 0.879. The van der Waals surface area contributed by atoms with E-state index in [9.17, 15) is 4.39 Å².